The van der Waals surface area contributed by atoms with Gasteiger partial charge >= 0.3 is 6.01 Å². The van der Waals surface area contributed by atoms with Crippen LogP contribution in [-0.2, 0) is 9.59 Å². The smallest absolute Gasteiger partial charge is 0.316 e. The maximum absolute atomic E-state index is 13.1. The van der Waals surface area contributed by atoms with E-state index in [2.05, 4.69) is 9.97 Å². The van der Waals surface area contributed by atoms with Crippen LogP contribution in [0, 0.1) is 5.92 Å². The number of rotatable bonds is 5. The lowest BCUT2D eigenvalue weighted by Gasteiger charge is -2.33. The molecular formula is C21H23ClN4O4. The molecule has 4 rings (SSSR count). The Morgan fingerprint density at radius 3 is 2.60 bits per heavy atom. The van der Waals surface area contributed by atoms with Gasteiger partial charge in [-0.1, -0.05) is 11.6 Å². The third-order valence-electron chi connectivity index (χ3n) is 5.42. The first-order chi connectivity index (χ1) is 14.5. The Labute approximate surface area is 179 Å². The second-order valence-corrected chi connectivity index (χ2v) is 7.89. The minimum atomic E-state index is -0.356. The van der Waals surface area contributed by atoms with Crippen molar-refractivity contribution in [3.63, 3.8) is 0 Å². The maximum atomic E-state index is 13.1. The highest BCUT2D eigenvalue weighted by molar-refractivity contribution is 6.30. The molecule has 9 heteroatoms. The van der Waals surface area contributed by atoms with E-state index in [1.807, 2.05) is 24.3 Å². The summed E-state index contributed by atoms with van der Waals surface area (Å²) in [7, 11) is 1.60. The third-order valence-corrected chi connectivity index (χ3v) is 5.61. The van der Waals surface area contributed by atoms with E-state index in [0.29, 0.717) is 24.7 Å². The van der Waals surface area contributed by atoms with Crippen LogP contribution in [0.2, 0.25) is 5.02 Å². The number of amides is 2. The lowest BCUT2D eigenvalue weighted by atomic mass is 10.0. The van der Waals surface area contributed by atoms with Crippen LogP contribution in [0.15, 0.2) is 36.7 Å². The molecule has 3 heterocycles. The van der Waals surface area contributed by atoms with Crippen molar-refractivity contribution in [2.45, 2.75) is 25.4 Å². The molecule has 0 radical (unpaired) electrons. The van der Waals surface area contributed by atoms with Crippen LogP contribution >= 0.6 is 11.6 Å². The average Bonchev–Trinajstić information content (AvgIpc) is 3.16. The zero-order chi connectivity index (χ0) is 21.1. The number of benzene rings is 1. The van der Waals surface area contributed by atoms with Crippen molar-refractivity contribution in [3.05, 3.63) is 41.7 Å². The van der Waals surface area contributed by atoms with E-state index < -0.39 is 0 Å². The fourth-order valence-electron chi connectivity index (χ4n) is 3.89. The van der Waals surface area contributed by atoms with E-state index in [1.165, 1.54) is 12.4 Å². The van der Waals surface area contributed by atoms with Gasteiger partial charge in [0.2, 0.25) is 11.8 Å². The summed E-state index contributed by atoms with van der Waals surface area (Å²) in [5, 5.41) is 0.440. The summed E-state index contributed by atoms with van der Waals surface area (Å²) in [6.07, 6.45) is 4.64. The molecule has 0 N–H and O–H groups in total. The van der Waals surface area contributed by atoms with Crippen LogP contribution in [0.4, 0.5) is 5.69 Å². The highest BCUT2D eigenvalue weighted by atomic mass is 35.5. The summed E-state index contributed by atoms with van der Waals surface area (Å²) < 4.78 is 11.0. The number of nitrogens with zero attached hydrogens (tertiary/aromatic N) is 4. The Morgan fingerprint density at radius 2 is 1.90 bits per heavy atom. The zero-order valence-electron chi connectivity index (χ0n) is 16.7. The number of piperidine rings is 1. The number of carbonyl (C=O) groups is 2. The number of hydrogen-bond acceptors (Lipinski definition) is 6. The van der Waals surface area contributed by atoms with E-state index in [-0.39, 0.29) is 36.3 Å². The fraction of sp³-hybridized carbons (Fsp3) is 0.429. The molecule has 158 valence electrons. The van der Waals surface area contributed by atoms with Gasteiger partial charge in [-0.05, 0) is 37.1 Å². The van der Waals surface area contributed by atoms with E-state index in [0.717, 1.165) is 24.3 Å². The van der Waals surface area contributed by atoms with Crippen molar-refractivity contribution in [3.8, 4) is 11.8 Å². The molecule has 2 aromatic rings. The molecule has 2 saturated heterocycles. The highest BCUT2D eigenvalue weighted by Gasteiger charge is 2.38. The maximum Gasteiger partial charge on any atom is 0.316 e. The summed E-state index contributed by atoms with van der Waals surface area (Å²) in [6.45, 7) is 1.50. The van der Waals surface area contributed by atoms with Gasteiger partial charge in [-0.2, -0.15) is 0 Å². The van der Waals surface area contributed by atoms with Crippen molar-refractivity contribution >= 4 is 29.1 Å². The number of halogens is 1. The second kappa shape index (κ2) is 8.87. The van der Waals surface area contributed by atoms with Gasteiger partial charge in [-0.15, -0.1) is 0 Å². The van der Waals surface area contributed by atoms with Gasteiger partial charge in [0.15, 0.2) is 0 Å². The van der Waals surface area contributed by atoms with Crippen LogP contribution in [0.1, 0.15) is 19.3 Å². The average molecular weight is 431 g/mol. The Bertz CT molecular complexity index is 906. The van der Waals surface area contributed by atoms with Gasteiger partial charge in [0.25, 0.3) is 0 Å². The van der Waals surface area contributed by atoms with E-state index >= 15 is 0 Å². The summed E-state index contributed by atoms with van der Waals surface area (Å²) in [5.41, 5.74) is 0.774. The van der Waals surface area contributed by atoms with Gasteiger partial charge in [-0.3, -0.25) is 9.59 Å². The molecule has 0 saturated carbocycles. The number of methoxy groups -OCH3 is 1. The molecular weight excluding hydrogens is 408 g/mol. The number of ether oxygens (including phenoxy) is 2. The molecule has 1 aromatic heterocycles. The summed E-state index contributed by atoms with van der Waals surface area (Å²) >= 11 is 5.80. The van der Waals surface area contributed by atoms with Crippen LogP contribution in [-0.4, -0.2) is 59.5 Å². The van der Waals surface area contributed by atoms with Gasteiger partial charge in [-0.25, -0.2) is 9.97 Å². The van der Waals surface area contributed by atoms with Crippen LogP contribution in [0.5, 0.6) is 11.8 Å². The SMILES string of the molecule is COc1ccc(N2CC(C(=O)N3CCCC(Oc4ncc(Cl)cn4)C3)CC2=O)cc1. The Hall–Kier alpha value is -2.87. The number of carbonyl (C=O) groups excluding carboxylic acids is 2. The molecule has 2 aliphatic rings. The van der Waals surface area contributed by atoms with Crippen molar-refractivity contribution in [2.75, 3.05) is 31.6 Å². The molecule has 0 aliphatic carbocycles. The topological polar surface area (TPSA) is 84.9 Å². The Balaban J connectivity index is 1.37. The molecule has 0 spiro atoms. The predicted octanol–water partition coefficient (Wildman–Crippen LogP) is 2.56. The molecule has 8 nitrogen and oxygen atoms in total. The Kier molecular flexibility index (Phi) is 6.03. The van der Waals surface area contributed by atoms with Gasteiger partial charge in [0.1, 0.15) is 11.9 Å². The van der Waals surface area contributed by atoms with Gasteiger partial charge in [0.05, 0.1) is 37.0 Å². The van der Waals surface area contributed by atoms with E-state index in [9.17, 15) is 9.59 Å². The third kappa shape index (κ3) is 4.48. The molecule has 1 aromatic carbocycles. The van der Waals surface area contributed by atoms with Crippen molar-refractivity contribution < 1.29 is 19.1 Å². The minimum absolute atomic E-state index is 0.00955. The first-order valence-electron chi connectivity index (χ1n) is 9.91. The molecule has 30 heavy (non-hydrogen) atoms. The zero-order valence-corrected chi connectivity index (χ0v) is 17.4. The normalized spacial score (nSPS) is 21.6. The predicted molar refractivity (Wildman–Crippen MR) is 111 cm³/mol. The molecule has 2 fully saturated rings. The molecule has 0 bridgehead atoms. The first kappa shape index (κ1) is 20.4. The van der Waals surface area contributed by atoms with Gasteiger partial charge in [0, 0.05) is 25.2 Å². The number of hydrogen-bond donors (Lipinski definition) is 0. The minimum Gasteiger partial charge on any atom is -0.497 e. The molecule has 2 amide bonds. The lowest BCUT2D eigenvalue weighted by Crippen LogP contribution is -2.47. The summed E-state index contributed by atoms with van der Waals surface area (Å²) in [4.78, 5) is 37.2. The van der Waals surface area contributed by atoms with Crippen molar-refractivity contribution in [1.29, 1.82) is 0 Å². The van der Waals surface area contributed by atoms with E-state index in [4.69, 9.17) is 21.1 Å². The van der Waals surface area contributed by atoms with Gasteiger partial charge < -0.3 is 19.3 Å². The monoisotopic (exact) mass is 430 g/mol. The number of likely N-dealkylation sites (tertiary alicyclic amines) is 1. The standard InChI is InChI=1S/C21H23ClN4O4/c1-29-17-6-4-16(5-7-17)26-12-14(9-19(26)27)20(28)25-8-2-3-18(13-25)30-21-23-10-15(22)11-24-21/h4-7,10-11,14,18H,2-3,8-9,12-13H2,1H3. The number of anilines is 1. The highest BCUT2D eigenvalue weighted by Crippen LogP contribution is 2.29. The van der Waals surface area contributed by atoms with Crippen LogP contribution in [0.3, 0.4) is 0 Å². The Morgan fingerprint density at radius 1 is 1.17 bits per heavy atom. The molecule has 2 atom stereocenters. The molecule has 2 aliphatic heterocycles. The summed E-state index contributed by atoms with van der Waals surface area (Å²) in [5.74, 6) is 0.315. The largest absolute Gasteiger partial charge is 0.497 e. The first-order valence-corrected chi connectivity index (χ1v) is 10.3. The lowest BCUT2D eigenvalue weighted by molar-refractivity contribution is -0.138. The number of aromatic nitrogens is 2. The second-order valence-electron chi connectivity index (χ2n) is 7.45. The van der Waals surface area contributed by atoms with Crippen molar-refractivity contribution in [2.24, 2.45) is 5.92 Å². The van der Waals surface area contributed by atoms with Crippen LogP contribution in [0.25, 0.3) is 0 Å². The quantitative estimate of drug-likeness (QED) is 0.724. The van der Waals surface area contributed by atoms with Crippen molar-refractivity contribution in [1.82, 2.24) is 14.9 Å². The fourth-order valence-corrected chi connectivity index (χ4v) is 3.99. The summed E-state index contributed by atoms with van der Waals surface area (Å²) in [6, 6.07) is 7.54. The van der Waals surface area contributed by atoms with Crippen LogP contribution < -0.4 is 14.4 Å². The molecule has 2 unspecified atom stereocenters. The van der Waals surface area contributed by atoms with E-state index in [1.54, 1.807) is 16.9 Å².